The number of morpholine rings is 1. The minimum Gasteiger partial charge on any atom is -0.379 e. The summed E-state index contributed by atoms with van der Waals surface area (Å²) in [7, 11) is -4.10. The maximum absolute atomic E-state index is 12.7. The largest absolute Gasteiger partial charge is 0.379 e. The summed E-state index contributed by atoms with van der Waals surface area (Å²) in [5.74, 6) is 0. The van der Waals surface area contributed by atoms with Gasteiger partial charge in [0.1, 0.15) is 0 Å². The van der Waals surface area contributed by atoms with Crippen molar-refractivity contribution < 1.29 is 13.2 Å². The Labute approximate surface area is 156 Å². The maximum Gasteiger partial charge on any atom is 0.325 e. The highest BCUT2D eigenvalue weighted by atomic mass is 32.2. The number of sulfonamides is 1. The minimum atomic E-state index is -4.10. The summed E-state index contributed by atoms with van der Waals surface area (Å²) in [4.78, 5) is 29.2. The van der Waals surface area contributed by atoms with Gasteiger partial charge in [-0.15, -0.1) is 0 Å². The van der Waals surface area contributed by atoms with Gasteiger partial charge in [0.05, 0.1) is 13.2 Å². The number of nitrogens with zero attached hydrogens (tertiary/aromatic N) is 1. The number of benzene rings is 1. The maximum atomic E-state index is 12.7. The third kappa shape index (κ3) is 4.53. The van der Waals surface area contributed by atoms with Crippen LogP contribution >= 0.6 is 0 Å². The van der Waals surface area contributed by atoms with E-state index in [1.54, 1.807) is 0 Å². The Kier molecular flexibility index (Phi) is 5.90. The van der Waals surface area contributed by atoms with Crippen LogP contribution in [0.2, 0.25) is 0 Å². The van der Waals surface area contributed by atoms with Crippen molar-refractivity contribution in [3.63, 3.8) is 0 Å². The van der Waals surface area contributed by atoms with Crippen molar-refractivity contribution in [3.05, 3.63) is 62.4 Å². The Hall–Kier alpha value is -2.27. The molecule has 1 aliphatic rings. The monoisotopic (exact) mass is 394 g/mol. The van der Waals surface area contributed by atoms with Gasteiger partial charge >= 0.3 is 5.69 Å². The summed E-state index contributed by atoms with van der Waals surface area (Å²) in [6.45, 7) is 3.98. The molecule has 0 radical (unpaired) electrons. The first-order valence-electron chi connectivity index (χ1n) is 8.58. The Balaban J connectivity index is 1.86. The van der Waals surface area contributed by atoms with Gasteiger partial charge in [-0.3, -0.25) is 14.7 Å². The fourth-order valence-electron chi connectivity index (χ4n) is 3.19. The summed E-state index contributed by atoms with van der Waals surface area (Å²) >= 11 is 0. The zero-order valence-electron chi connectivity index (χ0n) is 14.9. The molecule has 1 aromatic carbocycles. The zero-order chi connectivity index (χ0) is 19.4. The summed E-state index contributed by atoms with van der Waals surface area (Å²) in [6.07, 6.45) is 0. The van der Waals surface area contributed by atoms with Gasteiger partial charge < -0.3 is 9.72 Å². The Morgan fingerprint density at radius 3 is 2.44 bits per heavy atom. The van der Waals surface area contributed by atoms with Gasteiger partial charge in [-0.1, -0.05) is 30.3 Å². The first-order chi connectivity index (χ1) is 12.9. The minimum absolute atomic E-state index is 0.00103. The molecular formula is C17H22N4O5S. The number of aromatic amines is 2. The van der Waals surface area contributed by atoms with E-state index in [0.717, 1.165) is 5.56 Å². The average Bonchev–Trinajstić information content (AvgIpc) is 2.62. The molecular weight excluding hydrogens is 372 g/mol. The van der Waals surface area contributed by atoms with Crippen LogP contribution in [0.5, 0.6) is 0 Å². The predicted molar refractivity (Wildman–Crippen MR) is 99.2 cm³/mol. The van der Waals surface area contributed by atoms with Gasteiger partial charge in [0.25, 0.3) is 5.56 Å². The molecule has 3 rings (SSSR count). The van der Waals surface area contributed by atoms with Gasteiger partial charge in [0, 0.05) is 31.4 Å². The number of ether oxygens (including phenoxy) is 1. The molecule has 0 unspecified atom stereocenters. The van der Waals surface area contributed by atoms with Crippen LogP contribution in [0.1, 0.15) is 17.3 Å². The Morgan fingerprint density at radius 2 is 1.81 bits per heavy atom. The average molecular weight is 394 g/mol. The molecule has 2 aromatic rings. The van der Waals surface area contributed by atoms with E-state index in [1.165, 1.54) is 6.92 Å². The first-order valence-corrected chi connectivity index (χ1v) is 10.1. The summed E-state index contributed by atoms with van der Waals surface area (Å²) < 4.78 is 33.3. The molecule has 9 nitrogen and oxygen atoms in total. The molecule has 0 amide bonds. The molecule has 0 aliphatic carbocycles. The predicted octanol–water partition coefficient (Wildman–Crippen LogP) is -0.277. The van der Waals surface area contributed by atoms with Crippen molar-refractivity contribution >= 4 is 10.0 Å². The first kappa shape index (κ1) is 19.5. The van der Waals surface area contributed by atoms with Crippen LogP contribution in [0.3, 0.4) is 0 Å². The van der Waals surface area contributed by atoms with E-state index in [9.17, 15) is 18.0 Å². The normalized spacial score (nSPS) is 16.9. The lowest BCUT2D eigenvalue weighted by Gasteiger charge is -2.34. The lowest BCUT2D eigenvalue weighted by molar-refractivity contribution is 0.0172. The van der Waals surface area contributed by atoms with Gasteiger partial charge in [0.2, 0.25) is 10.0 Å². The molecule has 146 valence electrons. The van der Waals surface area contributed by atoms with Gasteiger partial charge in [-0.2, -0.15) is 0 Å². The number of aromatic nitrogens is 2. The van der Waals surface area contributed by atoms with Crippen molar-refractivity contribution in [2.75, 3.05) is 32.8 Å². The van der Waals surface area contributed by atoms with Crippen LogP contribution in [0, 0.1) is 6.92 Å². The molecule has 27 heavy (non-hydrogen) atoms. The summed E-state index contributed by atoms with van der Waals surface area (Å²) in [5, 5.41) is 0. The fourth-order valence-corrected chi connectivity index (χ4v) is 4.47. The van der Waals surface area contributed by atoms with Crippen molar-refractivity contribution in [1.82, 2.24) is 19.6 Å². The van der Waals surface area contributed by atoms with E-state index in [1.807, 2.05) is 35.3 Å². The zero-order valence-corrected chi connectivity index (χ0v) is 15.7. The smallest absolute Gasteiger partial charge is 0.325 e. The topological polar surface area (TPSA) is 124 Å². The molecule has 0 spiro atoms. The fraction of sp³-hybridized carbons (Fsp3) is 0.412. The van der Waals surface area contributed by atoms with Crippen molar-refractivity contribution in [3.8, 4) is 0 Å². The molecule has 1 aromatic heterocycles. The Morgan fingerprint density at radius 1 is 1.15 bits per heavy atom. The van der Waals surface area contributed by atoms with Crippen molar-refractivity contribution in [1.29, 1.82) is 0 Å². The van der Waals surface area contributed by atoms with Crippen LogP contribution in [-0.2, 0) is 14.8 Å². The van der Waals surface area contributed by atoms with Crippen LogP contribution in [-0.4, -0.2) is 56.1 Å². The molecule has 0 bridgehead atoms. The molecule has 1 fully saturated rings. The van der Waals surface area contributed by atoms with E-state index >= 15 is 0 Å². The highest BCUT2D eigenvalue weighted by Gasteiger charge is 2.27. The van der Waals surface area contributed by atoms with Crippen molar-refractivity contribution in [2.45, 2.75) is 17.9 Å². The number of aryl methyl sites for hydroxylation is 1. The van der Waals surface area contributed by atoms with E-state index in [-0.39, 0.29) is 18.3 Å². The number of rotatable bonds is 6. The van der Waals surface area contributed by atoms with Gasteiger partial charge in [0.15, 0.2) is 4.90 Å². The molecule has 0 saturated carbocycles. The summed E-state index contributed by atoms with van der Waals surface area (Å²) in [6, 6.07) is 9.36. The number of hydrogen-bond donors (Lipinski definition) is 3. The Bertz CT molecular complexity index is 994. The molecule has 1 aliphatic heterocycles. The van der Waals surface area contributed by atoms with Crippen LogP contribution in [0.4, 0.5) is 0 Å². The van der Waals surface area contributed by atoms with Crippen LogP contribution < -0.4 is 16.0 Å². The quantitative estimate of drug-likeness (QED) is 0.619. The van der Waals surface area contributed by atoms with E-state index in [0.29, 0.717) is 26.3 Å². The van der Waals surface area contributed by atoms with E-state index in [4.69, 9.17) is 4.74 Å². The number of hydrogen-bond acceptors (Lipinski definition) is 6. The van der Waals surface area contributed by atoms with E-state index < -0.39 is 26.2 Å². The van der Waals surface area contributed by atoms with Crippen LogP contribution in [0.25, 0.3) is 0 Å². The lowest BCUT2D eigenvalue weighted by Crippen LogP contribution is -2.44. The third-order valence-electron chi connectivity index (χ3n) is 4.48. The number of nitrogens with one attached hydrogen (secondary N) is 3. The van der Waals surface area contributed by atoms with Crippen LogP contribution in [0.15, 0.2) is 44.8 Å². The van der Waals surface area contributed by atoms with E-state index in [2.05, 4.69) is 14.6 Å². The third-order valence-corrected chi connectivity index (χ3v) is 6.06. The second-order valence-corrected chi connectivity index (χ2v) is 7.99. The molecule has 3 N–H and O–H groups in total. The molecule has 10 heteroatoms. The number of H-pyrrole nitrogens is 2. The molecule has 1 atom stereocenters. The highest BCUT2D eigenvalue weighted by molar-refractivity contribution is 7.89. The SMILES string of the molecule is Cc1[nH]c(=O)[nH]c(=O)c1S(=O)(=O)NC[C@@H](c1ccccc1)N1CCOCC1. The standard InChI is InChI=1S/C17H22N4O5S/c1-12-15(16(22)20-17(23)19-12)27(24,25)18-11-14(13-5-3-2-4-6-13)21-7-9-26-10-8-21/h2-6,14,18H,7-11H2,1H3,(H2,19,20,22,23)/t14-/m0/s1. The van der Waals surface area contributed by atoms with Gasteiger partial charge in [-0.05, 0) is 12.5 Å². The summed E-state index contributed by atoms with van der Waals surface area (Å²) in [5.41, 5.74) is -0.716. The second-order valence-electron chi connectivity index (χ2n) is 6.29. The van der Waals surface area contributed by atoms with Crippen molar-refractivity contribution in [2.24, 2.45) is 0 Å². The highest BCUT2D eigenvalue weighted by Crippen LogP contribution is 2.21. The molecule has 2 heterocycles. The molecule has 1 saturated heterocycles. The van der Waals surface area contributed by atoms with Gasteiger partial charge in [-0.25, -0.2) is 17.9 Å². The second kappa shape index (κ2) is 8.17. The lowest BCUT2D eigenvalue weighted by atomic mass is 10.1.